The number of halogens is 1. The molecule has 1 saturated heterocycles. The molecule has 0 radical (unpaired) electrons. The number of rotatable bonds is 4. The molecule has 6 heteroatoms. The Kier molecular flexibility index (Phi) is 5.00. The van der Waals surface area contributed by atoms with Crippen LogP contribution in [0.15, 0.2) is 45.3 Å². The molecule has 1 aromatic heterocycles. The first-order valence-corrected chi connectivity index (χ1v) is 8.79. The molecule has 4 nitrogen and oxygen atoms in total. The number of methoxy groups -OCH3 is 1. The molecule has 1 aliphatic rings. The summed E-state index contributed by atoms with van der Waals surface area (Å²) in [6, 6.07) is 12.3. The summed E-state index contributed by atoms with van der Waals surface area (Å²) in [5.74, 6) is 0.933. The van der Waals surface area contributed by atoms with Crippen LogP contribution in [0.1, 0.15) is 4.88 Å². The zero-order valence-electron chi connectivity index (χ0n) is 12.4. The molecule has 0 bridgehead atoms. The van der Waals surface area contributed by atoms with Gasteiger partial charge in [0.2, 0.25) is 0 Å². The van der Waals surface area contributed by atoms with Gasteiger partial charge >= 0.3 is 0 Å². The third-order valence-corrected chi connectivity index (χ3v) is 5.18. The van der Waals surface area contributed by atoms with Gasteiger partial charge in [-0.25, -0.2) is 0 Å². The van der Waals surface area contributed by atoms with Crippen LogP contribution in [0, 0.1) is 0 Å². The van der Waals surface area contributed by atoms with E-state index in [1.165, 1.54) is 4.88 Å². The Balaban J connectivity index is 1.59. The summed E-state index contributed by atoms with van der Waals surface area (Å²) >= 11 is 5.16. The number of hydrogen-bond acceptors (Lipinski definition) is 5. The van der Waals surface area contributed by atoms with Crippen LogP contribution >= 0.6 is 27.3 Å². The highest BCUT2D eigenvalue weighted by Gasteiger charge is 2.18. The van der Waals surface area contributed by atoms with Gasteiger partial charge in [0.1, 0.15) is 5.75 Å². The van der Waals surface area contributed by atoms with Gasteiger partial charge in [0.05, 0.1) is 35.9 Å². The van der Waals surface area contributed by atoms with E-state index in [4.69, 9.17) is 4.74 Å². The predicted molar refractivity (Wildman–Crippen MR) is 96.4 cm³/mol. The van der Waals surface area contributed by atoms with Crippen molar-refractivity contribution in [2.45, 2.75) is 0 Å². The molecular weight excluding hydrogens is 362 g/mol. The molecule has 0 aliphatic carbocycles. The van der Waals surface area contributed by atoms with Crippen molar-refractivity contribution >= 4 is 39.2 Å². The zero-order valence-corrected chi connectivity index (χ0v) is 14.8. The zero-order chi connectivity index (χ0) is 15.4. The van der Waals surface area contributed by atoms with Gasteiger partial charge in [-0.3, -0.25) is 5.01 Å². The first-order valence-electron chi connectivity index (χ1n) is 7.18. The summed E-state index contributed by atoms with van der Waals surface area (Å²) in [5.41, 5.74) is 1.16. The number of hydrazone groups is 1. The minimum absolute atomic E-state index is 0.918. The second-order valence-electron chi connectivity index (χ2n) is 5.00. The topological polar surface area (TPSA) is 28.1 Å². The molecule has 3 rings (SSSR count). The maximum absolute atomic E-state index is 5.45. The Hall–Kier alpha value is -1.53. The Morgan fingerprint density at radius 3 is 2.59 bits per heavy atom. The van der Waals surface area contributed by atoms with Crippen LogP contribution in [0.4, 0.5) is 5.69 Å². The normalized spacial score (nSPS) is 15.5. The quantitative estimate of drug-likeness (QED) is 0.758. The lowest BCUT2D eigenvalue weighted by atomic mass is 10.2. The van der Waals surface area contributed by atoms with Crippen LogP contribution in [-0.2, 0) is 0 Å². The number of hydrogen-bond donors (Lipinski definition) is 0. The second-order valence-corrected chi connectivity index (χ2v) is 7.49. The molecule has 22 heavy (non-hydrogen) atoms. The molecule has 2 aromatic rings. The van der Waals surface area contributed by atoms with Gasteiger partial charge in [-0.15, -0.1) is 11.3 Å². The highest BCUT2D eigenvalue weighted by molar-refractivity contribution is 9.11. The van der Waals surface area contributed by atoms with Crippen LogP contribution in [0.2, 0.25) is 0 Å². The molecule has 1 fully saturated rings. The SMILES string of the molecule is COc1ccccc1N1CCN(N=Cc2ccc(Br)s2)CC1. The van der Waals surface area contributed by atoms with E-state index in [9.17, 15) is 0 Å². The number of anilines is 1. The van der Waals surface area contributed by atoms with Gasteiger partial charge in [-0.05, 0) is 40.2 Å². The van der Waals surface area contributed by atoms with Gasteiger partial charge in [-0.1, -0.05) is 12.1 Å². The number of benzene rings is 1. The van der Waals surface area contributed by atoms with Crippen molar-refractivity contribution in [3.05, 3.63) is 45.1 Å². The van der Waals surface area contributed by atoms with E-state index in [2.05, 4.69) is 49.1 Å². The number of ether oxygens (including phenoxy) is 1. The van der Waals surface area contributed by atoms with Crippen molar-refractivity contribution < 1.29 is 4.74 Å². The van der Waals surface area contributed by atoms with Crippen LogP contribution in [0.5, 0.6) is 5.75 Å². The molecule has 0 spiro atoms. The van der Waals surface area contributed by atoms with E-state index in [-0.39, 0.29) is 0 Å². The number of piperazine rings is 1. The number of thiophene rings is 1. The lowest BCUT2D eigenvalue weighted by Crippen LogP contribution is -2.44. The van der Waals surface area contributed by atoms with Crippen LogP contribution in [0.25, 0.3) is 0 Å². The molecule has 0 atom stereocenters. The monoisotopic (exact) mass is 379 g/mol. The third kappa shape index (κ3) is 3.62. The van der Waals surface area contributed by atoms with E-state index in [1.807, 2.05) is 24.4 Å². The van der Waals surface area contributed by atoms with Crippen molar-refractivity contribution in [1.82, 2.24) is 5.01 Å². The van der Waals surface area contributed by atoms with E-state index >= 15 is 0 Å². The second kappa shape index (κ2) is 7.15. The smallest absolute Gasteiger partial charge is 0.142 e. The van der Waals surface area contributed by atoms with Crippen LogP contribution in [-0.4, -0.2) is 44.5 Å². The maximum atomic E-state index is 5.45. The van der Waals surface area contributed by atoms with Gasteiger partial charge in [0, 0.05) is 18.0 Å². The fourth-order valence-electron chi connectivity index (χ4n) is 2.48. The van der Waals surface area contributed by atoms with Crippen molar-refractivity contribution in [3.63, 3.8) is 0 Å². The van der Waals surface area contributed by atoms with Gasteiger partial charge in [0.25, 0.3) is 0 Å². The fraction of sp³-hybridized carbons (Fsp3) is 0.312. The molecule has 2 heterocycles. The molecule has 1 aromatic carbocycles. The lowest BCUT2D eigenvalue weighted by Gasteiger charge is -2.35. The third-order valence-electron chi connectivity index (χ3n) is 3.62. The first-order chi connectivity index (χ1) is 10.8. The minimum Gasteiger partial charge on any atom is -0.495 e. The van der Waals surface area contributed by atoms with Gasteiger partial charge in [0.15, 0.2) is 0 Å². The Bertz CT molecular complexity index is 650. The average Bonchev–Trinajstić information content (AvgIpc) is 2.99. The Morgan fingerprint density at radius 2 is 1.91 bits per heavy atom. The van der Waals surface area contributed by atoms with E-state index < -0.39 is 0 Å². The Labute approximate surface area is 143 Å². The van der Waals surface area contributed by atoms with Gasteiger partial charge < -0.3 is 9.64 Å². The summed E-state index contributed by atoms with van der Waals surface area (Å²) in [4.78, 5) is 3.52. The maximum Gasteiger partial charge on any atom is 0.142 e. The predicted octanol–water partition coefficient (Wildman–Crippen LogP) is 3.68. The van der Waals surface area contributed by atoms with Crippen LogP contribution in [0.3, 0.4) is 0 Å². The van der Waals surface area contributed by atoms with Crippen molar-refractivity contribution in [2.24, 2.45) is 5.10 Å². The first kappa shape index (κ1) is 15.4. The fourth-order valence-corrected chi connectivity index (χ4v) is 3.77. The molecule has 1 aliphatic heterocycles. The number of para-hydroxylation sites is 2. The standard InChI is InChI=1S/C16H18BrN3OS/c1-21-15-5-3-2-4-14(15)19-8-10-20(11-9-19)18-12-13-6-7-16(17)22-13/h2-7,12H,8-11H2,1H3. The molecule has 0 N–H and O–H groups in total. The molecule has 0 amide bonds. The van der Waals surface area contributed by atoms with Crippen molar-refractivity contribution in [1.29, 1.82) is 0 Å². The Morgan fingerprint density at radius 1 is 1.14 bits per heavy atom. The van der Waals surface area contributed by atoms with Crippen LogP contribution < -0.4 is 9.64 Å². The highest BCUT2D eigenvalue weighted by Crippen LogP contribution is 2.28. The summed E-state index contributed by atoms with van der Waals surface area (Å²) in [6.07, 6.45) is 1.94. The number of nitrogens with zero attached hydrogens (tertiary/aromatic N) is 3. The van der Waals surface area contributed by atoms with E-state index in [0.29, 0.717) is 0 Å². The average molecular weight is 380 g/mol. The lowest BCUT2D eigenvalue weighted by molar-refractivity contribution is 0.271. The van der Waals surface area contributed by atoms with Gasteiger partial charge in [-0.2, -0.15) is 5.10 Å². The highest BCUT2D eigenvalue weighted by atomic mass is 79.9. The molecule has 0 saturated carbocycles. The largest absolute Gasteiger partial charge is 0.495 e. The van der Waals surface area contributed by atoms with Crippen molar-refractivity contribution in [3.8, 4) is 5.75 Å². The summed E-state index contributed by atoms with van der Waals surface area (Å²) in [5, 5.41) is 6.70. The van der Waals surface area contributed by atoms with E-state index in [0.717, 1.165) is 41.4 Å². The van der Waals surface area contributed by atoms with Crippen molar-refractivity contribution in [2.75, 3.05) is 38.2 Å². The molecular formula is C16H18BrN3OS. The summed E-state index contributed by atoms with van der Waals surface area (Å²) in [7, 11) is 1.72. The summed E-state index contributed by atoms with van der Waals surface area (Å²) in [6.45, 7) is 3.74. The summed E-state index contributed by atoms with van der Waals surface area (Å²) < 4.78 is 6.58. The van der Waals surface area contributed by atoms with E-state index in [1.54, 1.807) is 18.4 Å². The molecule has 116 valence electrons. The minimum atomic E-state index is 0.918. The molecule has 0 unspecified atom stereocenters.